The fourth-order valence-electron chi connectivity index (χ4n) is 2.17. The molecule has 4 aromatic rings. The van der Waals surface area contributed by atoms with Crippen molar-refractivity contribution in [2.75, 3.05) is 5.32 Å². The van der Waals surface area contributed by atoms with Gasteiger partial charge in [-0.1, -0.05) is 47.4 Å². The molecule has 0 saturated heterocycles. The van der Waals surface area contributed by atoms with E-state index in [4.69, 9.17) is 4.42 Å². The summed E-state index contributed by atoms with van der Waals surface area (Å²) < 4.78 is 6.44. The standard InChI is InChI=1S/C17H14N4OS3/c1-11-5-2-3-6-13(11)19-16-20-21-17(25-16)24-10-12-9-22-15(18-12)14-7-4-8-23-14/h2-9H,10H2,1H3,(H,19,20). The van der Waals surface area contributed by atoms with E-state index < -0.39 is 0 Å². The van der Waals surface area contributed by atoms with Crippen molar-refractivity contribution in [3.63, 3.8) is 0 Å². The van der Waals surface area contributed by atoms with Crippen molar-refractivity contribution in [1.29, 1.82) is 0 Å². The fourth-order valence-corrected chi connectivity index (χ4v) is 4.47. The van der Waals surface area contributed by atoms with Crippen LogP contribution in [0, 0.1) is 6.92 Å². The Morgan fingerprint density at radius 2 is 2.08 bits per heavy atom. The van der Waals surface area contributed by atoms with Crippen LogP contribution in [0.1, 0.15) is 11.3 Å². The van der Waals surface area contributed by atoms with Crippen molar-refractivity contribution in [2.24, 2.45) is 0 Å². The van der Waals surface area contributed by atoms with E-state index >= 15 is 0 Å². The zero-order valence-electron chi connectivity index (χ0n) is 13.3. The lowest BCUT2D eigenvalue weighted by molar-refractivity contribution is 0.575. The van der Waals surface area contributed by atoms with Crippen molar-refractivity contribution in [3.05, 3.63) is 59.3 Å². The molecule has 0 aliphatic carbocycles. The summed E-state index contributed by atoms with van der Waals surface area (Å²) in [6.45, 7) is 2.06. The molecule has 0 unspecified atom stereocenters. The first kappa shape index (κ1) is 16.3. The molecule has 126 valence electrons. The third-order valence-electron chi connectivity index (χ3n) is 3.42. The van der Waals surface area contributed by atoms with Gasteiger partial charge in [0.1, 0.15) is 6.26 Å². The smallest absolute Gasteiger partial charge is 0.236 e. The molecule has 1 aromatic carbocycles. The van der Waals surface area contributed by atoms with Gasteiger partial charge in [-0.3, -0.25) is 0 Å². The van der Waals surface area contributed by atoms with Crippen LogP contribution in [0.4, 0.5) is 10.8 Å². The van der Waals surface area contributed by atoms with Gasteiger partial charge in [0.15, 0.2) is 4.34 Å². The molecular weight excluding hydrogens is 372 g/mol. The number of aromatic nitrogens is 3. The Hall–Kier alpha value is -2.16. The summed E-state index contributed by atoms with van der Waals surface area (Å²) in [5.74, 6) is 1.37. The summed E-state index contributed by atoms with van der Waals surface area (Å²) in [5.41, 5.74) is 3.12. The maximum absolute atomic E-state index is 5.54. The number of thiophene rings is 1. The number of thioether (sulfide) groups is 1. The molecule has 0 spiro atoms. The summed E-state index contributed by atoms with van der Waals surface area (Å²) in [7, 11) is 0. The molecule has 5 nitrogen and oxygen atoms in total. The predicted octanol–water partition coefficient (Wildman–Crippen LogP) is 5.60. The zero-order chi connectivity index (χ0) is 17.1. The van der Waals surface area contributed by atoms with E-state index in [0.717, 1.165) is 25.7 Å². The Labute approximate surface area is 157 Å². The molecule has 0 aliphatic heterocycles. The molecular formula is C17H14N4OS3. The van der Waals surface area contributed by atoms with Gasteiger partial charge in [-0.05, 0) is 30.0 Å². The van der Waals surface area contributed by atoms with Gasteiger partial charge in [0, 0.05) is 11.4 Å². The average Bonchev–Trinajstić information content (AvgIpc) is 3.37. The van der Waals surface area contributed by atoms with Crippen LogP contribution in [-0.4, -0.2) is 15.2 Å². The molecule has 1 N–H and O–H groups in total. The van der Waals surface area contributed by atoms with Crippen LogP contribution in [0.5, 0.6) is 0 Å². The van der Waals surface area contributed by atoms with Crippen LogP contribution in [-0.2, 0) is 5.75 Å². The van der Waals surface area contributed by atoms with Gasteiger partial charge in [0.25, 0.3) is 0 Å². The lowest BCUT2D eigenvalue weighted by Gasteiger charge is -2.04. The maximum atomic E-state index is 5.54. The molecule has 0 bridgehead atoms. The second kappa shape index (κ2) is 7.38. The monoisotopic (exact) mass is 386 g/mol. The number of nitrogens with zero attached hydrogens (tertiary/aromatic N) is 3. The van der Waals surface area contributed by atoms with Crippen molar-refractivity contribution in [3.8, 4) is 10.8 Å². The minimum Gasteiger partial charge on any atom is -0.444 e. The van der Waals surface area contributed by atoms with Gasteiger partial charge in [0.2, 0.25) is 11.0 Å². The number of anilines is 2. The highest BCUT2D eigenvalue weighted by Crippen LogP contribution is 2.31. The van der Waals surface area contributed by atoms with Crippen molar-refractivity contribution >= 4 is 45.3 Å². The number of aryl methyl sites for hydroxylation is 1. The van der Waals surface area contributed by atoms with E-state index in [0.29, 0.717) is 11.6 Å². The average molecular weight is 387 g/mol. The van der Waals surface area contributed by atoms with Gasteiger partial charge in [-0.25, -0.2) is 4.98 Å². The Morgan fingerprint density at radius 1 is 1.16 bits per heavy atom. The van der Waals surface area contributed by atoms with Crippen LogP contribution in [0.25, 0.3) is 10.8 Å². The molecule has 3 heterocycles. The van der Waals surface area contributed by atoms with Crippen LogP contribution < -0.4 is 5.32 Å². The quantitative estimate of drug-likeness (QED) is 0.435. The summed E-state index contributed by atoms with van der Waals surface area (Å²) in [6.07, 6.45) is 1.70. The second-order valence-corrected chi connectivity index (χ2v) is 8.37. The first-order valence-corrected chi connectivity index (χ1v) is 10.2. The fraction of sp³-hybridized carbons (Fsp3) is 0.118. The Kier molecular flexibility index (Phi) is 4.82. The third-order valence-corrected chi connectivity index (χ3v) is 6.28. The molecule has 4 rings (SSSR count). The highest BCUT2D eigenvalue weighted by molar-refractivity contribution is 8.00. The highest BCUT2D eigenvalue weighted by atomic mass is 32.2. The minimum absolute atomic E-state index is 0.671. The first-order chi connectivity index (χ1) is 12.3. The van der Waals surface area contributed by atoms with Crippen LogP contribution in [0.2, 0.25) is 0 Å². The van der Waals surface area contributed by atoms with Gasteiger partial charge in [0.05, 0.1) is 10.6 Å². The number of oxazole rings is 1. The van der Waals surface area contributed by atoms with Gasteiger partial charge >= 0.3 is 0 Å². The van der Waals surface area contributed by atoms with E-state index in [2.05, 4.69) is 33.5 Å². The molecule has 0 atom stereocenters. The summed E-state index contributed by atoms with van der Waals surface area (Å²) in [5, 5.41) is 14.5. The van der Waals surface area contributed by atoms with Crippen molar-refractivity contribution in [2.45, 2.75) is 17.0 Å². The lowest BCUT2D eigenvalue weighted by Crippen LogP contribution is -1.91. The van der Waals surface area contributed by atoms with Gasteiger partial charge in [-0.2, -0.15) is 0 Å². The molecule has 0 saturated carbocycles. The second-order valence-electron chi connectivity index (χ2n) is 5.22. The maximum Gasteiger partial charge on any atom is 0.236 e. The number of rotatable bonds is 6. The van der Waals surface area contributed by atoms with Gasteiger partial charge < -0.3 is 9.73 Å². The largest absolute Gasteiger partial charge is 0.444 e. The Balaban J connectivity index is 1.38. The summed E-state index contributed by atoms with van der Waals surface area (Å²) >= 11 is 4.76. The number of nitrogens with one attached hydrogen (secondary N) is 1. The predicted molar refractivity (Wildman–Crippen MR) is 104 cm³/mol. The minimum atomic E-state index is 0.671. The van der Waals surface area contributed by atoms with Crippen molar-refractivity contribution < 1.29 is 4.42 Å². The topological polar surface area (TPSA) is 63.8 Å². The molecule has 0 radical (unpaired) electrons. The molecule has 0 aliphatic rings. The molecule has 8 heteroatoms. The molecule has 0 amide bonds. The summed E-state index contributed by atoms with van der Waals surface area (Å²) in [6, 6.07) is 12.1. The Morgan fingerprint density at radius 3 is 2.92 bits per heavy atom. The normalized spacial score (nSPS) is 10.9. The molecule has 0 fully saturated rings. The summed E-state index contributed by atoms with van der Waals surface area (Å²) in [4.78, 5) is 5.56. The third kappa shape index (κ3) is 3.92. The molecule has 3 aromatic heterocycles. The highest BCUT2D eigenvalue weighted by Gasteiger charge is 2.10. The number of benzene rings is 1. The lowest BCUT2D eigenvalue weighted by atomic mass is 10.2. The van der Waals surface area contributed by atoms with E-state index in [-0.39, 0.29) is 0 Å². The van der Waals surface area contributed by atoms with E-state index in [1.165, 1.54) is 16.9 Å². The number of hydrogen-bond acceptors (Lipinski definition) is 8. The van der Waals surface area contributed by atoms with E-state index in [1.54, 1.807) is 29.4 Å². The number of hydrogen-bond donors (Lipinski definition) is 1. The number of para-hydroxylation sites is 1. The van der Waals surface area contributed by atoms with E-state index in [1.807, 2.05) is 35.7 Å². The Bertz CT molecular complexity index is 962. The van der Waals surface area contributed by atoms with Crippen LogP contribution >= 0.6 is 34.4 Å². The van der Waals surface area contributed by atoms with Crippen LogP contribution in [0.15, 0.2) is 56.8 Å². The van der Waals surface area contributed by atoms with Gasteiger partial charge in [-0.15, -0.1) is 21.5 Å². The zero-order valence-corrected chi connectivity index (χ0v) is 15.8. The molecule has 25 heavy (non-hydrogen) atoms. The van der Waals surface area contributed by atoms with Crippen LogP contribution in [0.3, 0.4) is 0 Å². The SMILES string of the molecule is Cc1ccccc1Nc1nnc(SCc2coc(-c3cccs3)n2)s1. The first-order valence-electron chi connectivity index (χ1n) is 7.55. The van der Waals surface area contributed by atoms with E-state index in [9.17, 15) is 0 Å². The van der Waals surface area contributed by atoms with Crippen molar-refractivity contribution in [1.82, 2.24) is 15.2 Å².